The third-order valence-electron chi connectivity index (χ3n) is 7.33. The molecule has 172 valence electrons. The molecule has 1 amide bonds. The quantitative estimate of drug-likeness (QED) is 0.611. The van der Waals surface area contributed by atoms with Gasteiger partial charge in [0.05, 0.1) is 12.5 Å². The number of nitrogens with two attached hydrogens (primary N) is 1. The van der Waals surface area contributed by atoms with E-state index in [2.05, 4.69) is 22.4 Å². The van der Waals surface area contributed by atoms with Crippen molar-refractivity contribution in [3.8, 4) is 5.75 Å². The van der Waals surface area contributed by atoms with Gasteiger partial charge in [-0.2, -0.15) is 0 Å². The number of rotatable bonds is 9. The number of carbonyl (C=O) groups is 1. The molecule has 0 atom stereocenters. The molecule has 0 aliphatic heterocycles. The highest BCUT2D eigenvalue weighted by Crippen LogP contribution is 2.57. The predicted molar refractivity (Wildman–Crippen MR) is 120 cm³/mol. The summed E-state index contributed by atoms with van der Waals surface area (Å²) in [6.07, 6.45) is 8.61. The highest BCUT2D eigenvalue weighted by molar-refractivity contribution is 5.83. The Balaban J connectivity index is 1.31. The number of hydrogen-bond donors (Lipinski definition) is 2. The van der Waals surface area contributed by atoms with Crippen LogP contribution in [0.15, 0.2) is 46.8 Å². The van der Waals surface area contributed by atoms with Gasteiger partial charge in [-0.15, -0.1) is 0 Å². The lowest BCUT2D eigenvalue weighted by molar-refractivity contribution is -0.137. The first-order valence-electron chi connectivity index (χ1n) is 11.4. The number of fused-ring (bicyclic) bond motifs is 3. The van der Waals surface area contributed by atoms with Crippen molar-refractivity contribution in [2.45, 2.75) is 57.3 Å². The average Bonchev–Trinajstić information content (AvgIpc) is 3.26. The van der Waals surface area contributed by atoms with Gasteiger partial charge in [-0.25, -0.2) is 9.37 Å². The molecule has 1 heterocycles. The largest absolute Gasteiger partial charge is 0.489 e. The van der Waals surface area contributed by atoms with Crippen LogP contribution in [0.5, 0.6) is 5.75 Å². The molecule has 2 bridgehead atoms. The molecule has 3 N–H and O–H groups in total. The van der Waals surface area contributed by atoms with Crippen molar-refractivity contribution in [1.29, 1.82) is 0 Å². The number of amides is 1. The topological polar surface area (TPSA) is 90.4 Å². The lowest BCUT2D eigenvalue weighted by atomic mass is 9.51. The second-order valence-electron chi connectivity index (χ2n) is 9.22. The van der Waals surface area contributed by atoms with E-state index < -0.39 is 0 Å². The molecule has 0 radical (unpaired) electrons. The Labute approximate surface area is 188 Å². The minimum atomic E-state index is -0.241. The van der Waals surface area contributed by atoms with E-state index in [-0.39, 0.29) is 29.9 Å². The van der Waals surface area contributed by atoms with Crippen LogP contribution in [-0.4, -0.2) is 30.6 Å². The Hall–Kier alpha value is -2.67. The number of aromatic nitrogens is 1. The Bertz CT molecular complexity index is 943. The van der Waals surface area contributed by atoms with Crippen LogP contribution in [0, 0.1) is 12.3 Å². The van der Waals surface area contributed by atoms with Gasteiger partial charge in [-0.3, -0.25) is 4.79 Å². The van der Waals surface area contributed by atoms with Crippen LogP contribution in [0.3, 0.4) is 0 Å². The molecule has 2 aromatic rings. The number of aryl methyl sites for hydroxylation is 1. The molecular weight excluding hydrogens is 409 g/mol. The van der Waals surface area contributed by atoms with E-state index >= 15 is 0 Å². The van der Waals surface area contributed by atoms with Gasteiger partial charge in [0.2, 0.25) is 5.91 Å². The highest BCUT2D eigenvalue weighted by atomic mass is 19.1. The number of carbonyl (C=O) groups excluding carboxylic acids is 1. The minimum Gasteiger partial charge on any atom is -0.489 e. The summed E-state index contributed by atoms with van der Waals surface area (Å²) in [6.45, 7) is 2.72. The van der Waals surface area contributed by atoms with Crippen LogP contribution < -0.4 is 15.8 Å². The average molecular weight is 442 g/mol. The van der Waals surface area contributed by atoms with E-state index in [1.54, 1.807) is 6.20 Å². The molecule has 3 fully saturated rings. The number of ether oxygens (including phenoxy) is 1. The summed E-state index contributed by atoms with van der Waals surface area (Å²) in [5, 5.41) is 3.12. The highest BCUT2D eigenvalue weighted by Gasteiger charge is 2.52. The van der Waals surface area contributed by atoms with Crippen molar-refractivity contribution in [1.82, 2.24) is 10.3 Å². The Kier molecular flexibility index (Phi) is 6.65. The second kappa shape index (κ2) is 9.45. The van der Waals surface area contributed by atoms with Crippen LogP contribution in [0.4, 0.5) is 4.39 Å². The maximum absolute atomic E-state index is 13.0. The number of oxazole rings is 1. The summed E-state index contributed by atoms with van der Waals surface area (Å²) in [6, 6.07) is 8.13. The van der Waals surface area contributed by atoms with Crippen LogP contribution >= 0.6 is 0 Å². The second-order valence-corrected chi connectivity index (χ2v) is 9.22. The number of benzene rings is 1. The summed E-state index contributed by atoms with van der Waals surface area (Å²) in [5.41, 5.74) is 7.10. The molecule has 6 nitrogen and oxygen atoms in total. The Morgan fingerprint density at radius 3 is 2.47 bits per heavy atom. The van der Waals surface area contributed by atoms with Crippen molar-refractivity contribution in [2.75, 3.05) is 19.7 Å². The Morgan fingerprint density at radius 1 is 1.22 bits per heavy atom. The predicted octanol–water partition coefficient (Wildman–Crippen LogP) is 4.12. The molecule has 3 saturated carbocycles. The van der Waals surface area contributed by atoms with Crippen molar-refractivity contribution >= 4 is 5.91 Å². The minimum absolute atomic E-state index is 0.136. The maximum Gasteiger partial charge on any atom is 0.226 e. The molecule has 7 heteroatoms. The van der Waals surface area contributed by atoms with Gasteiger partial charge in [0.1, 0.15) is 18.1 Å². The van der Waals surface area contributed by atoms with Gasteiger partial charge in [0.25, 0.3) is 0 Å². The zero-order valence-corrected chi connectivity index (χ0v) is 18.7. The monoisotopic (exact) mass is 441 g/mol. The maximum atomic E-state index is 13.0. The number of nitrogens with one attached hydrogen (secondary N) is 1. The molecule has 1 aromatic carbocycles. The summed E-state index contributed by atoms with van der Waals surface area (Å²) >= 11 is 0. The van der Waals surface area contributed by atoms with Crippen molar-refractivity contribution in [2.24, 2.45) is 11.1 Å². The smallest absolute Gasteiger partial charge is 0.226 e. The van der Waals surface area contributed by atoms with E-state index in [4.69, 9.17) is 14.9 Å². The van der Waals surface area contributed by atoms with Crippen LogP contribution in [-0.2, 0) is 16.6 Å². The molecule has 0 spiro atoms. The van der Waals surface area contributed by atoms with Crippen molar-refractivity contribution < 1.29 is 18.3 Å². The van der Waals surface area contributed by atoms with Gasteiger partial charge in [0.15, 0.2) is 5.89 Å². The first-order chi connectivity index (χ1) is 15.5. The van der Waals surface area contributed by atoms with Gasteiger partial charge in [-0.05, 0) is 68.6 Å². The molecule has 0 saturated heterocycles. The third kappa shape index (κ3) is 4.58. The van der Waals surface area contributed by atoms with E-state index in [0.29, 0.717) is 36.5 Å². The molecule has 32 heavy (non-hydrogen) atoms. The molecular formula is C25H32FN3O3. The fourth-order valence-electron chi connectivity index (χ4n) is 5.16. The molecule has 5 rings (SSSR count). The standard InChI is InChI=1S/C25H32FN3O3/c1-18-16-29-22(32-18)6-13-28-23(30)25-10-7-24(8-11-25,9-12-25)20-2-4-21(5-3-20)31-17-19(14-26)15-27/h2-5,14,16H,6-13,15,17,27H2,1H3,(H,28,30). The molecule has 1 aromatic heterocycles. The van der Waals surface area contributed by atoms with E-state index in [1.807, 2.05) is 19.1 Å². The fraction of sp³-hybridized carbons (Fsp3) is 0.520. The molecule has 0 unspecified atom stereocenters. The fourth-order valence-corrected chi connectivity index (χ4v) is 5.16. The summed E-state index contributed by atoms with van der Waals surface area (Å²) in [5.74, 6) is 2.34. The molecule has 3 aliphatic carbocycles. The number of halogens is 1. The van der Waals surface area contributed by atoms with Crippen LogP contribution in [0.2, 0.25) is 0 Å². The first-order valence-corrected chi connectivity index (χ1v) is 11.4. The van der Waals surface area contributed by atoms with Gasteiger partial charge in [0, 0.05) is 30.5 Å². The first kappa shape index (κ1) is 22.5. The SMILES string of the molecule is Cc1cnc(CCNC(=O)C23CCC(c4ccc(OCC(=CF)CN)cc4)(CC2)CC3)o1. The lowest BCUT2D eigenvalue weighted by Gasteiger charge is -2.52. The zero-order chi connectivity index (χ0) is 22.6. The van der Waals surface area contributed by atoms with Crippen molar-refractivity contribution in [3.63, 3.8) is 0 Å². The summed E-state index contributed by atoms with van der Waals surface area (Å²) in [4.78, 5) is 17.2. The van der Waals surface area contributed by atoms with E-state index in [9.17, 15) is 9.18 Å². The lowest BCUT2D eigenvalue weighted by Crippen LogP contribution is -2.51. The van der Waals surface area contributed by atoms with Crippen LogP contribution in [0.25, 0.3) is 0 Å². The number of nitrogens with zero attached hydrogens (tertiary/aromatic N) is 1. The Morgan fingerprint density at radius 2 is 1.91 bits per heavy atom. The van der Waals surface area contributed by atoms with Gasteiger partial charge >= 0.3 is 0 Å². The van der Waals surface area contributed by atoms with Crippen LogP contribution in [0.1, 0.15) is 55.7 Å². The molecule has 3 aliphatic rings. The van der Waals surface area contributed by atoms with Gasteiger partial charge in [-0.1, -0.05) is 12.1 Å². The number of hydrogen-bond acceptors (Lipinski definition) is 5. The third-order valence-corrected chi connectivity index (χ3v) is 7.33. The van der Waals surface area contributed by atoms with Crippen molar-refractivity contribution in [3.05, 3.63) is 59.6 Å². The van der Waals surface area contributed by atoms with E-state index in [0.717, 1.165) is 44.3 Å². The summed E-state index contributed by atoms with van der Waals surface area (Å²) < 4.78 is 23.8. The van der Waals surface area contributed by atoms with Gasteiger partial charge < -0.3 is 20.2 Å². The van der Waals surface area contributed by atoms with E-state index in [1.165, 1.54) is 5.56 Å². The summed E-state index contributed by atoms with van der Waals surface area (Å²) in [7, 11) is 0. The zero-order valence-electron chi connectivity index (χ0n) is 18.7. The normalized spacial score (nSPS) is 25.0.